The van der Waals surface area contributed by atoms with Crippen molar-refractivity contribution in [3.8, 4) is 5.75 Å². The molecule has 0 unspecified atom stereocenters. The van der Waals surface area contributed by atoms with Gasteiger partial charge in [-0.15, -0.1) is 0 Å². The molecule has 9 heteroatoms. The standard InChI is InChI=1S/C21H22ClIN2O4S/c1-30(27,28)19-5-3-15(13-17(19)23)29-11-10-25-8-6-21(7-9-25)16-12-14(22)2-4-18(16)24-20(21)26/h2-5,12-13H,6-11H2,1H3,(H,24,26). The summed E-state index contributed by atoms with van der Waals surface area (Å²) in [5.41, 5.74) is 1.39. The quantitative estimate of drug-likeness (QED) is 0.565. The van der Waals surface area contributed by atoms with Gasteiger partial charge in [-0.05, 0) is 90.5 Å². The fraction of sp³-hybridized carbons (Fsp3) is 0.381. The maximum atomic E-state index is 12.7. The van der Waals surface area contributed by atoms with Crippen molar-refractivity contribution in [2.45, 2.75) is 23.2 Å². The minimum Gasteiger partial charge on any atom is -0.492 e. The SMILES string of the molecule is CS(=O)(=O)c1ccc(OCCN2CCC3(CC2)C(=O)Nc2ccc(Cl)cc23)cc1I. The highest BCUT2D eigenvalue weighted by Crippen LogP contribution is 2.45. The Labute approximate surface area is 195 Å². The predicted molar refractivity (Wildman–Crippen MR) is 125 cm³/mol. The van der Waals surface area contributed by atoms with Crippen molar-refractivity contribution in [3.05, 3.63) is 50.6 Å². The largest absolute Gasteiger partial charge is 0.492 e. The Kier molecular flexibility index (Phi) is 6.04. The van der Waals surface area contributed by atoms with Crippen molar-refractivity contribution in [1.82, 2.24) is 4.90 Å². The summed E-state index contributed by atoms with van der Waals surface area (Å²) in [6.45, 7) is 2.83. The fourth-order valence-electron chi connectivity index (χ4n) is 4.21. The van der Waals surface area contributed by atoms with Gasteiger partial charge in [-0.25, -0.2) is 8.42 Å². The molecule has 30 heavy (non-hydrogen) atoms. The monoisotopic (exact) mass is 560 g/mol. The van der Waals surface area contributed by atoms with E-state index in [4.69, 9.17) is 16.3 Å². The predicted octanol–water partition coefficient (Wildman–Crippen LogP) is 3.71. The van der Waals surface area contributed by atoms with E-state index in [1.54, 1.807) is 24.3 Å². The van der Waals surface area contributed by atoms with Crippen LogP contribution in [-0.2, 0) is 20.0 Å². The zero-order valence-corrected chi connectivity index (χ0v) is 20.2. The van der Waals surface area contributed by atoms with Gasteiger partial charge in [0.25, 0.3) is 0 Å². The van der Waals surface area contributed by atoms with Crippen LogP contribution in [0.4, 0.5) is 5.69 Å². The Balaban J connectivity index is 1.34. The van der Waals surface area contributed by atoms with Gasteiger partial charge in [0.15, 0.2) is 9.84 Å². The Hall–Kier alpha value is -1.36. The van der Waals surface area contributed by atoms with Crippen LogP contribution < -0.4 is 10.1 Å². The van der Waals surface area contributed by atoms with E-state index >= 15 is 0 Å². The molecule has 2 aliphatic heterocycles. The number of hydrogen-bond donors (Lipinski definition) is 1. The van der Waals surface area contributed by atoms with E-state index in [2.05, 4.69) is 10.2 Å². The summed E-state index contributed by atoms with van der Waals surface area (Å²) in [6, 6.07) is 10.6. The molecule has 2 heterocycles. The molecule has 160 valence electrons. The van der Waals surface area contributed by atoms with Crippen molar-refractivity contribution in [1.29, 1.82) is 0 Å². The topological polar surface area (TPSA) is 75.7 Å². The van der Waals surface area contributed by atoms with E-state index in [0.29, 0.717) is 25.8 Å². The minimum absolute atomic E-state index is 0.0659. The first-order valence-electron chi connectivity index (χ1n) is 9.65. The second-order valence-corrected chi connectivity index (χ2v) is 11.4. The van der Waals surface area contributed by atoms with Gasteiger partial charge in [0.2, 0.25) is 5.91 Å². The molecular weight excluding hydrogens is 539 g/mol. The van der Waals surface area contributed by atoms with Crippen LogP contribution in [-0.4, -0.2) is 51.7 Å². The smallest absolute Gasteiger partial charge is 0.235 e. The first-order valence-corrected chi connectivity index (χ1v) is 13.0. The lowest BCUT2D eigenvalue weighted by molar-refractivity contribution is -0.122. The van der Waals surface area contributed by atoms with Crippen LogP contribution in [0, 0.1) is 3.57 Å². The molecule has 1 spiro atoms. The molecule has 1 saturated heterocycles. The van der Waals surface area contributed by atoms with Gasteiger partial charge >= 0.3 is 0 Å². The van der Waals surface area contributed by atoms with E-state index in [-0.39, 0.29) is 5.91 Å². The molecule has 6 nitrogen and oxygen atoms in total. The van der Waals surface area contributed by atoms with Crippen molar-refractivity contribution >= 4 is 55.6 Å². The van der Waals surface area contributed by atoms with E-state index in [1.165, 1.54) is 6.26 Å². The van der Waals surface area contributed by atoms with Crippen molar-refractivity contribution < 1.29 is 17.9 Å². The minimum atomic E-state index is -3.24. The molecule has 0 atom stereocenters. The number of rotatable bonds is 5. The van der Waals surface area contributed by atoms with Crippen LogP contribution >= 0.6 is 34.2 Å². The number of piperidine rings is 1. The first-order chi connectivity index (χ1) is 14.2. The molecular formula is C21H22ClIN2O4S. The van der Waals surface area contributed by atoms with Crippen LogP contribution in [0.1, 0.15) is 18.4 Å². The maximum Gasteiger partial charge on any atom is 0.235 e. The number of amides is 1. The van der Waals surface area contributed by atoms with Crippen LogP contribution in [0.3, 0.4) is 0 Å². The van der Waals surface area contributed by atoms with Crippen LogP contribution in [0.2, 0.25) is 5.02 Å². The van der Waals surface area contributed by atoms with Gasteiger partial charge in [0, 0.05) is 27.1 Å². The van der Waals surface area contributed by atoms with Crippen LogP contribution in [0.25, 0.3) is 0 Å². The number of sulfone groups is 1. The van der Waals surface area contributed by atoms with Gasteiger partial charge in [0.05, 0.1) is 10.3 Å². The van der Waals surface area contributed by atoms with E-state index in [0.717, 1.165) is 43.7 Å². The van der Waals surface area contributed by atoms with Crippen molar-refractivity contribution in [2.75, 3.05) is 37.8 Å². The number of ether oxygens (including phenoxy) is 1. The highest BCUT2D eigenvalue weighted by molar-refractivity contribution is 14.1. The number of benzene rings is 2. The van der Waals surface area contributed by atoms with Crippen LogP contribution in [0.5, 0.6) is 5.75 Å². The number of hydrogen-bond acceptors (Lipinski definition) is 5. The maximum absolute atomic E-state index is 12.7. The number of nitrogens with zero attached hydrogens (tertiary/aromatic N) is 1. The van der Waals surface area contributed by atoms with Crippen molar-refractivity contribution in [3.63, 3.8) is 0 Å². The average molecular weight is 561 g/mol. The molecule has 2 aromatic carbocycles. The van der Waals surface area contributed by atoms with E-state index < -0.39 is 15.3 Å². The number of carbonyl (C=O) groups excluding carboxylic acids is 1. The van der Waals surface area contributed by atoms with E-state index in [1.807, 2.05) is 34.7 Å². The van der Waals surface area contributed by atoms with Crippen LogP contribution in [0.15, 0.2) is 41.3 Å². The Morgan fingerprint density at radius 2 is 1.93 bits per heavy atom. The van der Waals surface area contributed by atoms with Gasteiger partial charge in [-0.1, -0.05) is 11.6 Å². The number of carbonyl (C=O) groups is 1. The second-order valence-electron chi connectivity index (χ2n) is 7.78. The van der Waals surface area contributed by atoms with E-state index in [9.17, 15) is 13.2 Å². The Morgan fingerprint density at radius 1 is 1.20 bits per heavy atom. The second kappa shape index (κ2) is 8.29. The Morgan fingerprint density at radius 3 is 2.60 bits per heavy atom. The van der Waals surface area contributed by atoms with Gasteiger partial charge in [-0.3, -0.25) is 9.69 Å². The lowest BCUT2D eigenvalue weighted by Crippen LogP contribution is -2.47. The molecule has 0 saturated carbocycles. The third kappa shape index (κ3) is 4.19. The molecule has 2 aromatic rings. The van der Waals surface area contributed by atoms with Gasteiger partial charge < -0.3 is 10.1 Å². The number of anilines is 1. The molecule has 1 N–H and O–H groups in total. The third-order valence-corrected chi connectivity index (χ3v) is 8.52. The number of nitrogens with one attached hydrogen (secondary N) is 1. The molecule has 2 aliphatic rings. The molecule has 0 aromatic heterocycles. The average Bonchev–Trinajstić information content (AvgIpc) is 2.94. The molecule has 0 aliphatic carbocycles. The highest BCUT2D eigenvalue weighted by atomic mass is 127. The molecule has 0 bridgehead atoms. The lowest BCUT2D eigenvalue weighted by Gasteiger charge is -2.38. The molecule has 4 rings (SSSR count). The normalized spacial score (nSPS) is 18.3. The third-order valence-electron chi connectivity index (χ3n) is 5.87. The van der Waals surface area contributed by atoms with Gasteiger partial charge in [-0.2, -0.15) is 0 Å². The summed E-state index contributed by atoms with van der Waals surface area (Å²) >= 11 is 8.19. The summed E-state index contributed by atoms with van der Waals surface area (Å²) < 4.78 is 29.9. The lowest BCUT2D eigenvalue weighted by atomic mass is 9.73. The molecule has 1 amide bonds. The highest BCUT2D eigenvalue weighted by Gasteiger charge is 2.48. The zero-order valence-electron chi connectivity index (χ0n) is 16.5. The summed E-state index contributed by atoms with van der Waals surface area (Å²) in [5.74, 6) is 0.718. The number of likely N-dealkylation sites (tertiary alicyclic amines) is 1. The summed E-state index contributed by atoms with van der Waals surface area (Å²) in [6.07, 6.45) is 2.69. The van der Waals surface area contributed by atoms with Gasteiger partial charge in [0.1, 0.15) is 12.4 Å². The molecule has 0 radical (unpaired) electrons. The van der Waals surface area contributed by atoms with Crippen molar-refractivity contribution in [2.24, 2.45) is 0 Å². The number of fused-ring (bicyclic) bond motifs is 2. The summed E-state index contributed by atoms with van der Waals surface area (Å²) in [7, 11) is -3.24. The first kappa shape index (κ1) is 21.9. The Bertz CT molecular complexity index is 1100. The number of halogens is 2. The summed E-state index contributed by atoms with van der Waals surface area (Å²) in [5, 5.41) is 3.65. The summed E-state index contributed by atoms with van der Waals surface area (Å²) in [4.78, 5) is 15.3. The zero-order chi connectivity index (χ0) is 21.5. The molecule has 1 fully saturated rings. The fourth-order valence-corrected chi connectivity index (χ4v) is 6.79.